The number of hydrogen-bond donors (Lipinski definition) is 1. The van der Waals surface area contributed by atoms with E-state index in [2.05, 4.69) is 5.16 Å². The lowest BCUT2D eigenvalue weighted by Gasteiger charge is -2.00. The third-order valence-corrected chi connectivity index (χ3v) is 1.90. The fourth-order valence-corrected chi connectivity index (χ4v) is 1.29. The molecule has 0 spiro atoms. The summed E-state index contributed by atoms with van der Waals surface area (Å²) in [5.41, 5.74) is 0.758. The summed E-state index contributed by atoms with van der Waals surface area (Å²) >= 11 is 0. The summed E-state index contributed by atoms with van der Waals surface area (Å²) in [5.74, 6) is -0.164. The summed E-state index contributed by atoms with van der Waals surface area (Å²) in [4.78, 5) is 10.7. The third kappa shape index (κ3) is 1.71. The van der Waals surface area contributed by atoms with E-state index in [-0.39, 0.29) is 11.6 Å². The first kappa shape index (κ1) is 9.77. The molecule has 1 N–H and O–H groups in total. The van der Waals surface area contributed by atoms with Gasteiger partial charge in [-0.25, -0.2) is 4.79 Å². The molecule has 0 atom stereocenters. The van der Waals surface area contributed by atoms with E-state index in [0.717, 1.165) is 0 Å². The molecule has 0 saturated carbocycles. The van der Waals surface area contributed by atoms with E-state index in [0.29, 0.717) is 17.7 Å². The Hall–Kier alpha value is -1.32. The van der Waals surface area contributed by atoms with E-state index in [1.165, 1.54) is 0 Å². The van der Waals surface area contributed by atoms with Crippen LogP contribution in [0.2, 0.25) is 0 Å². The first-order chi connectivity index (χ1) is 6.07. The Labute approximate surface area is 76.5 Å². The van der Waals surface area contributed by atoms with Crippen LogP contribution in [0, 0.1) is 0 Å². The van der Waals surface area contributed by atoms with E-state index in [4.69, 9.17) is 9.63 Å². The molecule has 0 aromatic carbocycles. The smallest absolute Gasteiger partial charge is 0.358 e. The molecule has 0 amide bonds. The summed E-state index contributed by atoms with van der Waals surface area (Å²) in [6.07, 6.45) is 0.638. The van der Waals surface area contributed by atoms with E-state index < -0.39 is 5.97 Å². The second kappa shape index (κ2) is 3.60. The van der Waals surface area contributed by atoms with Crippen molar-refractivity contribution < 1.29 is 14.4 Å². The molecule has 1 aromatic rings. The minimum atomic E-state index is -1.02. The monoisotopic (exact) mass is 183 g/mol. The van der Waals surface area contributed by atoms with Crippen LogP contribution in [0.15, 0.2) is 4.52 Å². The molecule has 0 aliphatic heterocycles. The van der Waals surface area contributed by atoms with Crippen molar-refractivity contribution in [2.75, 3.05) is 0 Å². The highest BCUT2D eigenvalue weighted by atomic mass is 16.5. The number of hydrogen-bond acceptors (Lipinski definition) is 3. The molecule has 13 heavy (non-hydrogen) atoms. The van der Waals surface area contributed by atoms with Crippen LogP contribution in [-0.4, -0.2) is 16.2 Å². The minimum Gasteiger partial charge on any atom is -0.476 e. The Kier molecular flexibility index (Phi) is 2.70. The summed E-state index contributed by atoms with van der Waals surface area (Å²) in [5, 5.41) is 12.3. The largest absolute Gasteiger partial charge is 0.476 e. The predicted molar refractivity (Wildman–Crippen MR) is 46.9 cm³/mol. The van der Waals surface area contributed by atoms with Gasteiger partial charge in [-0.05, 0) is 6.42 Å². The van der Waals surface area contributed by atoms with Gasteiger partial charge in [0, 0.05) is 11.5 Å². The topological polar surface area (TPSA) is 63.3 Å². The summed E-state index contributed by atoms with van der Waals surface area (Å²) in [6, 6.07) is 0. The SMILES string of the molecule is CCc1c(C(=O)O)noc1C(C)C. The summed E-state index contributed by atoms with van der Waals surface area (Å²) in [7, 11) is 0. The highest BCUT2D eigenvalue weighted by molar-refractivity contribution is 5.87. The van der Waals surface area contributed by atoms with Crippen LogP contribution in [0.1, 0.15) is 48.5 Å². The maximum absolute atomic E-state index is 10.7. The average Bonchev–Trinajstić information content (AvgIpc) is 2.46. The first-order valence-electron chi connectivity index (χ1n) is 4.29. The maximum Gasteiger partial charge on any atom is 0.358 e. The molecular weight excluding hydrogens is 170 g/mol. The molecule has 0 aliphatic rings. The number of nitrogens with zero attached hydrogens (tertiary/aromatic N) is 1. The van der Waals surface area contributed by atoms with Crippen molar-refractivity contribution in [3.63, 3.8) is 0 Å². The van der Waals surface area contributed by atoms with Crippen LogP contribution in [0.4, 0.5) is 0 Å². The molecule has 1 heterocycles. The first-order valence-corrected chi connectivity index (χ1v) is 4.29. The van der Waals surface area contributed by atoms with E-state index in [1.54, 1.807) is 0 Å². The highest BCUT2D eigenvalue weighted by Crippen LogP contribution is 2.22. The van der Waals surface area contributed by atoms with Crippen molar-refractivity contribution >= 4 is 5.97 Å². The molecule has 1 rings (SSSR count). The van der Waals surface area contributed by atoms with Gasteiger partial charge in [0.25, 0.3) is 0 Å². The number of carbonyl (C=O) groups is 1. The van der Waals surface area contributed by atoms with Crippen LogP contribution < -0.4 is 0 Å². The van der Waals surface area contributed by atoms with Crippen molar-refractivity contribution in [1.82, 2.24) is 5.16 Å². The molecule has 0 unspecified atom stereocenters. The van der Waals surface area contributed by atoms with Gasteiger partial charge in [0.1, 0.15) is 5.76 Å². The van der Waals surface area contributed by atoms with Crippen LogP contribution in [-0.2, 0) is 6.42 Å². The average molecular weight is 183 g/mol. The molecule has 0 saturated heterocycles. The quantitative estimate of drug-likeness (QED) is 0.779. The lowest BCUT2D eigenvalue weighted by Crippen LogP contribution is -2.02. The summed E-state index contributed by atoms with van der Waals surface area (Å²) < 4.78 is 4.98. The van der Waals surface area contributed by atoms with Gasteiger partial charge in [-0.3, -0.25) is 0 Å². The van der Waals surface area contributed by atoms with Crippen molar-refractivity contribution in [2.45, 2.75) is 33.1 Å². The normalized spacial score (nSPS) is 10.8. The number of aromatic nitrogens is 1. The highest BCUT2D eigenvalue weighted by Gasteiger charge is 2.21. The summed E-state index contributed by atoms with van der Waals surface area (Å²) in [6.45, 7) is 5.79. The van der Waals surface area contributed by atoms with Crippen molar-refractivity contribution in [3.8, 4) is 0 Å². The van der Waals surface area contributed by atoms with Gasteiger partial charge in [0.05, 0.1) is 0 Å². The minimum absolute atomic E-state index is 0.0474. The Morgan fingerprint density at radius 2 is 2.23 bits per heavy atom. The van der Waals surface area contributed by atoms with Gasteiger partial charge >= 0.3 is 5.97 Å². The molecule has 4 heteroatoms. The van der Waals surface area contributed by atoms with E-state index >= 15 is 0 Å². The van der Waals surface area contributed by atoms with Gasteiger partial charge in [-0.15, -0.1) is 0 Å². The van der Waals surface area contributed by atoms with Crippen LogP contribution >= 0.6 is 0 Å². The molecule has 72 valence electrons. The standard InChI is InChI=1S/C9H13NO3/c1-4-6-7(9(11)12)10-13-8(6)5(2)3/h5H,4H2,1-3H3,(H,11,12). The van der Waals surface area contributed by atoms with Crippen molar-refractivity contribution in [2.24, 2.45) is 0 Å². The van der Waals surface area contributed by atoms with Gasteiger partial charge in [-0.1, -0.05) is 25.9 Å². The fraction of sp³-hybridized carbons (Fsp3) is 0.556. The van der Waals surface area contributed by atoms with Crippen LogP contribution in [0.3, 0.4) is 0 Å². The van der Waals surface area contributed by atoms with E-state index in [9.17, 15) is 4.79 Å². The Balaban J connectivity index is 3.18. The van der Waals surface area contributed by atoms with Crippen LogP contribution in [0.5, 0.6) is 0 Å². The zero-order chi connectivity index (χ0) is 10.0. The van der Waals surface area contributed by atoms with Crippen molar-refractivity contribution in [3.05, 3.63) is 17.0 Å². The van der Waals surface area contributed by atoms with Crippen LogP contribution in [0.25, 0.3) is 0 Å². The second-order valence-corrected chi connectivity index (χ2v) is 3.19. The van der Waals surface area contributed by atoms with Gasteiger partial charge in [0.2, 0.25) is 0 Å². The maximum atomic E-state index is 10.7. The molecule has 4 nitrogen and oxygen atoms in total. The Morgan fingerprint density at radius 3 is 2.62 bits per heavy atom. The number of aromatic carboxylic acids is 1. The number of carboxylic acid groups (broad SMARTS) is 1. The Bertz CT molecular complexity index is 315. The molecule has 0 radical (unpaired) electrons. The fourth-order valence-electron chi connectivity index (χ4n) is 1.29. The van der Waals surface area contributed by atoms with Crippen molar-refractivity contribution in [1.29, 1.82) is 0 Å². The number of rotatable bonds is 3. The van der Waals surface area contributed by atoms with E-state index in [1.807, 2.05) is 20.8 Å². The zero-order valence-electron chi connectivity index (χ0n) is 8.00. The molecule has 0 fully saturated rings. The van der Waals surface area contributed by atoms with Gasteiger partial charge in [0.15, 0.2) is 5.69 Å². The number of carboxylic acids is 1. The van der Waals surface area contributed by atoms with Gasteiger partial charge in [-0.2, -0.15) is 0 Å². The predicted octanol–water partition coefficient (Wildman–Crippen LogP) is 2.06. The lowest BCUT2D eigenvalue weighted by molar-refractivity contribution is 0.0684. The Morgan fingerprint density at radius 1 is 1.62 bits per heavy atom. The molecule has 0 bridgehead atoms. The molecule has 1 aromatic heterocycles. The molecular formula is C9H13NO3. The second-order valence-electron chi connectivity index (χ2n) is 3.19. The molecule has 0 aliphatic carbocycles. The zero-order valence-corrected chi connectivity index (χ0v) is 8.00. The third-order valence-electron chi connectivity index (χ3n) is 1.90. The van der Waals surface area contributed by atoms with Gasteiger partial charge < -0.3 is 9.63 Å². The lowest BCUT2D eigenvalue weighted by atomic mass is 10.0.